The third kappa shape index (κ3) is 1.47. The van der Waals surface area contributed by atoms with Gasteiger partial charge in [-0.05, 0) is 44.6 Å². The van der Waals surface area contributed by atoms with E-state index in [4.69, 9.17) is 10.3 Å². The summed E-state index contributed by atoms with van der Waals surface area (Å²) >= 11 is 0. The van der Waals surface area contributed by atoms with Crippen LogP contribution in [0.1, 0.15) is 45.4 Å². The van der Waals surface area contributed by atoms with Gasteiger partial charge in [0.2, 0.25) is 11.4 Å². The first-order valence-corrected chi connectivity index (χ1v) is 7.13. The van der Waals surface area contributed by atoms with E-state index in [1.54, 1.807) is 4.90 Å². The predicted molar refractivity (Wildman–Crippen MR) is 69.6 cm³/mol. The van der Waals surface area contributed by atoms with Crippen molar-refractivity contribution in [2.75, 3.05) is 6.61 Å². The first kappa shape index (κ1) is 13.4. The Hall–Kier alpha value is -1.59. The third-order valence-electron chi connectivity index (χ3n) is 4.91. The van der Waals surface area contributed by atoms with Gasteiger partial charge in [0, 0.05) is 4.91 Å². The number of hydrogen-bond acceptors (Lipinski definition) is 4. The van der Waals surface area contributed by atoms with Crippen LogP contribution in [0.3, 0.4) is 0 Å². The van der Waals surface area contributed by atoms with Gasteiger partial charge >= 0.3 is 0 Å². The minimum Gasteiger partial charge on any atom is -0.355 e. The summed E-state index contributed by atoms with van der Waals surface area (Å²) in [4.78, 5) is 28.9. The third-order valence-corrected chi connectivity index (χ3v) is 4.91. The minimum absolute atomic E-state index is 0.338. The van der Waals surface area contributed by atoms with Crippen molar-refractivity contribution in [3.63, 3.8) is 0 Å². The predicted octanol–water partition coefficient (Wildman–Crippen LogP) is 1.92. The van der Waals surface area contributed by atoms with Crippen molar-refractivity contribution in [2.45, 2.75) is 62.8 Å². The van der Waals surface area contributed by atoms with Gasteiger partial charge in [-0.1, -0.05) is 11.5 Å². The Morgan fingerprint density at radius 2 is 2.15 bits per heavy atom. The zero-order chi connectivity index (χ0) is 14.4. The molecule has 7 heteroatoms. The molecule has 3 rings (SSSR count). The molecule has 1 spiro atoms. The molecule has 0 unspecified atom stereocenters. The lowest BCUT2D eigenvalue weighted by molar-refractivity contribution is -0.256. The average molecular weight is 278 g/mol. The molecule has 2 heterocycles. The topological polar surface area (TPSA) is 95.4 Å². The molecule has 7 nitrogen and oxygen atoms in total. The molecule has 1 amide bonds. The van der Waals surface area contributed by atoms with E-state index in [1.165, 1.54) is 6.92 Å². The molecule has 2 aliphatic heterocycles. The van der Waals surface area contributed by atoms with Gasteiger partial charge < -0.3 is 9.64 Å². The number of azide groups is 1. The minimum atomic E-state index is -1.52. The Labute approximate surface area is 116 Å². The van der Waals surface area contributed by atoms with E-state index in [1.807, 2.05) is 0 Å². The zero-order valence-electron chi connectivity index (χ0n) is 11.5. The molecule has 0 aromatic carbocycles. The number of Topliss-reactive ketones (excluding diaryl/α,β-unsaturated/α-hetero) is 1. The quantitative estimate of drug-likeness (QED) is 0.254. The molecular weight excluding hydrogens is 260 g/mol. The second-order valence-corrected chi connectivity index (χ2v) is 5.85. The molecule has 0 aromatic heterocycles. The van der Waals surface area contributed by atoms with Gasteiger partial charge in [0.25, 0.3) is 0 Å². The van der Waals surface area contributed by atoms with Crippen molar-refractivity contribution in [1.82, 2.24) is 4.90 Å². The van der Waals surface area contributed by atoms with Crippen LogP contribution < -0.4 is 0 Å². The highest BCUT2D eigenvalue weighted by Gasteiger charge is 2.69. The molecule has 1 saturated carbocycles. The van der Waals surface area contributed by atoms with Crippen molar-refractivity contribution in [3.05, 3.63) is 10.4 Å². The summed E-state index contributed by atoms with van der Waals surface area (Å²) in [6.07, 6.45) is 5.34. The summed E-state index contributed by atoms with van der Waals surface area (Å²) < 4.78 is 5.92. The molecular formula is C13H18N4O3. The number of rotatable bonds is 2. The maximum absolute atomic E-state index is 12.6. The summed E-state index contributed by atoms with van der Waals surface area (Å²) in [7, 11) is 0. The Morgan fingerprint density at radius 1 is 1.45 bits per heavy atom. The van der Waals surface area contributed by atoms with Crippen molar-refractivity contribution >= 4 is 11.7 Å². The Bertz CT molecular complexity index is 498. The number of β-lactam (4-membered cyclic amide) rings is 1. The fourth-order valence-corrected chi connectivity index (χ4v) is 3.95. The first-order chi connectivity index (χ1) is 9.58. The molecule has 0 radical (unpaired) electrons. The molecule has 20 heavy (non-hydrogen) atoms. The van der Waals surface area contributed by atoms with E-state index >= 15 is 0 Å². The number of nitrogens with zero attached hydrogens (tertiary/aromatic N) is 4. The van der Waals surface area contributed by atoms with E-state index < -0.39 is 11.3 Å². The normalized spacial score (nSPS) is 35.0. The lowest BCUT2D eigenvalue weighted by Crippen LogP contribution is -2.83. The van der Waals surface area contributed by atoms with Gasteiger partial charge in [0.05, 0.1) is 12.6 Å². The zero-order valence-corrected chi connectivity index (χ0v) is 11.5. The van der Waals surface area contributed by atoms with Gasteiger partial charge in [-0.15, -0.1) is 0 Å². The van der Waals surface area contributed by atoms with Gasteiger partial charge in [-0.25, -0.2) is 0 Å². The molecule has 108 valence electrons. The molecule has 0 bridgehead atoms. The fourth-order valence-electron chi connectivity index (χ4n) is 3.95. The summed E-state index contributed by atoms with van der Waals surface area (Å²) in [6.45, 7) is 1.83. The van der Waals surface area contributed by atoms with Crippen molar-refractivity contribution in [3.8, 4) is 0 Å². The lowest BCUT2D eigenvalue weighted by Gasteiger charge is -2.63. The van der Waals surface area contributed by atoms with Gasteiger partial charge in [-0.3, -0.25) is 9.59 Å². The SMILES string of the molecule is CC(=O)[C@]1(N=[N+]=[N-])C(=O)N2[C@@H]1CCOC21CCCCC1. The van der Waals surface area contributed by atoms with Crippen LogP contribution in [0.2, 0.25) is 0 Å². The van der Waals surface area contributed by atoms with Crippen LogP contribution in [0.15, 0.2) is 5.11 Å². The molecule has 0 aromatic rings. The Kier molecular flexibility index (Phi) is 2.99. The van der Waals surface area contributed by atoms with E-state index in [9.17, 15) is 9.59 Å². The monoisotopic (exact) mass is 278 g/mol. The van der Waals surface area contributed by atoms with Gasteiger partial charge in [-0.2, -0.15) is 0 Å². The summed E-state index contributed by atoms with van der Waals surface area (Å²) in [5.41, 5.74) is 6.64. The molecule has 1 aliphatic carbocycles. The Morgan fingerprint density at radius 3 is 2.75 bits per heavy atom. The number of carbonyl (C=O) groups excluding carboxylic acids is 2. The molecule has 0 N–H and O–H groups in total. The van der Waals surface area contributed by atoms with Crippen molar-refractivity contribution < 1.29 is 14.3 Å². The maximum Gasteiger partial charge on any atom is 0.247 e. The molecule has 3 fully saturated rings. The number of hydrogen-bond donors (Lipinski definition) is 0. The van der Waals surface area contributed by atoms with Crippen LogP contribution in [0.25, 0.3) is 10.4 Å². The molecule has 2 saturated heterocycles. The second-order valence-electron chi connectivity index (χ2n) is 5.85. The Balaban J connectivity index is 1.98. The first-order valence-electron chi connectivity index (χ1n) is 7.13. The van der Waals surface area contributed by atoms with E-state index in [0.29, 0.717) is 13.0 Å². The summed E-state index contributed by atoms with van der Waals surface area (Å²) in [6, 6.07) is -0.338. The van der Waals surface area contributed by atoms with Gasteiger partial charge in [0.1, 0.15) is 5.72 Å². The molecule has 2 atom stereocenters. The highest BCUT2D eigenvalue weighted by Crippen LogP contribution is 2.50. The lowest BCUT2D eigenvalue weighted by atomic mass is 9.70. The average Bonchev–Trinajstić information content (AvgIpc) is 2.44. The standard InChI is InChI=1S/C13H18N4O3/c1-9(18)13(15-16-14)10-5-8-20-12(17(10)11(13)19)6-3-2-4-7-12/h10H,2-8H2,1H3/t10-,13-/m1/s1. The summed E-state index contributed by atoms with van der Waals surface area (Å²) in [5.74, 6) is -0.746. The van der Waals surface area contributed by atoms with Crippen LogP contribution in [0.5, 0.6) is 0 Å². The smallest absolute Gasteiger partial charge is 0.247 e. The second kappa shape index (κ2) is 4.46. The van der Waals surface area contributed by atoms with E-state index in [2.05, 4.69) is 10.0 Å². The van der Waals surface area contributed by atoms with E-state index in [-0.39, 0.29) is 17.7 Å². The van der Waals surface area contributed by atoms with Crippen LogP contribution in [-0.2, 0) is 14.3 Å². The van der Waals surface area contributed by atoms with Crippen LogP contribution >= 0.6 is 0 Å². The number of ketones is 1. The fraction of sp³-hybridized carbons (Fsp3) is 0.846. The van der Waals surface area contributed by atoms with Crippen molar-refractivity contribution in [2.24, 2.45) is 5.11 Å². The number of fused-ring (bicyclic) bond motifs is 2. The highest BCUT2D eigenvalue weighted by molar-refractivity contribution is 6.15. The van der Waals surface area contributed by atoms with Crippen LogP contribution in [0.4, 0.5) is 0 Å². The van der Waals surface area contributed by atoms with E-state index in [0.717, 1.165) is 32.1 Å². The largest absolute Gasteiger partial charge is 0.355 e. The summed E-state index contributed by atoms with van der Waals surface area (Å²) in [5, 5.41) is 3.59. The van der Waals surface area contributed by atoms with Crippen molar-refractivity contribution in [1.29, 1.82) is 0 Å². The number of amides is 1. The number of carbonyl (C=O) groups is 2. The highest BCUT2D eigenvalue weighted by atomic mass is 16.5. The molecule has 3 aliphatic rings. The van der Waals surface area contributed by atoms with Crippen LogP contribution in [0, 0.1) is 0 Å². The van der Waals surface area contributed by atoms with Crippen LogP contribution in [-0.4, -0.2) is 40.5 Å². The number of ether oxygens (including phenoxy) is 1. The van der Waals surface area contributed by atoms with Gasteiger partial charge in [0.15, 0.2) is 5.78 Å². The maximum atomic E-state index is 12.6.